The quantitative estimate of drug-likeness (QED) is 0.640. The first-order chi connectivity index (χ1) is 12.5. The Morgan fingerprint density at radius 3 is 2.73 bits per heavy atom. The van der Waals surface area contributed by atoms with Crippen LogP contribution in [0.4, 0.5) is 5.69 Å². The van der Waals surface area contributed by atoms with E-state index in [4.69, 9.17) is 21.1 Å². The molecule has 1 heterocycles. The molecule has 0 spiro atoms. The first-order valence-electron chi connectivity index (χ1n) is 8.04. The van der Waals surface area contributed by atoms with E-state index < -0.39 is 6.04 Å². The number of hydrazine groups is 1. The minimum absolute atomic E-state index is 0.131. The molecule has 26 heavy (non-hydrogen) atoms. The van der Waals surface area contributed by atoms with Crippen molar-refractivity contribution in [3.05, 3.63) is 47.0 Å². The summed E-state index contributed by atoms with van der Waals surface area (Å²) in [5, 5.41) is 13.4. The summed E-state index contributed by atoms with van der Waals surface area (Å²) in [4.78, 5) is 12.6. The van der Waals surface area contributed by atoms with Crippen LogP contribution >= 0.6 is 11.6 Å². The second-order valence-corrected chi connectivity index (χ2v) is 6.32. The van der Waals surface area contributed by atoms with Crippen LogP contribution in [0.25, 0.3) is 0 Å². The molecule has 0 aliphatic carbocycles. The van der Waals surface area contributed by atoms with Gasteiger partial charge in [0.1, 0.15) is 23.3 Å². The van der Waals surface area contributed by atoms with E-state index in [9.17, 15) is 9.90 Å². The summed E-state index contributed by atoms with van der Waals surface area (Å²) in [6, 6.07) is 9.28. The number of phenols is 1. The van der Waals surface area contributed by atoms with Gasteiger partial charge in [0.05, 0.1) is 25.9 Å². The molecule has 0 saturated carbocycles. The monoisotopic (exact) mass is 377 g/mol. The van der Waals surface area contributed by atoms with E-state index in [0.717, 1.165) is 0 Å². The van der Waals surface area contributed by atoms with Gasteiger partial charge in [-0.3, -0.25) is 4.79 Å². The largest absolute Gasteiger partial charge is 0.508 e. The number of hydrogen-bond donors (Lipinski definition) is 4. The number of aromatic hydroxyl groups is 1. The molecule has 2 aromatic carbocycles. The number of nitrogens with one attached hydrogen (secondary N) is 3. The second kappa shape index (κ2) is 7.82. The second-order valence-electron chi connectivity index (χ2n) is 5.89. The predicted octanol–water partition coefficient (Wildman–Crippen LogP) is 2.61. The van der Waals surface area contributed by atoms with Crippen molar-refractivity contribution in [1.82, 2.24) is 10.9 Å². The molecular formula is C18H20ClN3O4. The van der Waals surface area contributed by atoms with E-state index in [1.165, 1.54) is 13.2 Å². The van der Waals surface area contributed by atoms with E-state index >= 15 is 0 Å². The first-order valence-corrected chi connectivity index (χ1v) is 8.42. The minimum atomic E-state index is -0.481. The predicted molar refractivity (Wildman–Crippen MR) is 98.7 cm³/mol. The molecule has 1 aliphatic heterocycles. The highest BCUT2D eigenvalue weighted by molar-refractivity contribution is 6.30. The van der Waals surface area contributed by atoms with Crippen LogP contribution in [0.1, 0.15) is 18.0 Å². The zero-order valence-electron chi connectivity index (χ0n) is 14.4. The zero-order valence-corrected chi connectivity index (χ0v) is 15.1. The SMILES string of the molecule is COc1ccc(NC(=O)C2CC(c3cc(Cl)ccc3O)NN2)c(OC)c1. The summed E-state index contributed by atoms with van der Waals surface area (Å²) in [5.74, 6) is 1.06. The van der Waals surface area contributed by atoms with Crippen LogP contribution in [0.3, 0.4) is 0 Å². The Morgan fingerprint density at radius 2 is 2.00 bits per heavy atom. The molecule has 1 aliphatic rings. The van der Waals surface area contributed by atoms with Crippen molar-refractivity contribution in [2.45, 2.75) is 18.5 Å². The molecule has 0 radical (unpaired) electrons. The van der Waals surface area contributed by atoms with E-state index in [1.54, 1.807) is 37.4 Å². The molecule has 0 bridgehead atoms. The van der Waals surface area contributed by atoms with Crippen molar-refractivity contribution < 1.29 is 19.4 Å². The van der Waals surface area contributed by atoms with Gasteiger partial charge in [0.15, 0.2) is 0 Å². The normalized spacial score (nSPS) is 19.2. The number of hydrogen-bond acceptors (Lipinski definition) is 6. The van der Waals surface area contributed by atoms with Gasteiger partial charge in [0.25, 0.3) is 0 Å². The number of methoxy groups -OCH3 is 2. The van der Waals surface area contributed by atoms with Gasteiger partial charge in [-0.25, -0.2) is 10.9 Å². The van der Waals surface area contributed by atoms with Crippen molar-refractivity contribution in [3.8, 4) is 17.2 Å². The molecule has 3 rings (SSSR count). The third kappa shape index (κ3) is 3.85. The van der Waals surface area contributed by atoms with Gasteiger partial charge in [-0.15, -0.1) is 0 Å². The van der Waals surface area contributed by atoms with Crippen LogP contribution in [0.15, 0.2) is 36.4 Å². The van der Waals surface area contributed by atoms with Gasteiger partial charge < -0.3 is 19.9 Å². The number of halogens is 1. The number of ether oxygens (including phenoxy) is 2. The number of phenolic OH excluding ortho intramolecular Hbond substituents is 1. The molecule has 1 saturated heterocycles. The fourth-order valence-corrected chi connectivity index (χ4v) is 3.04. The lowest BCUT2D eigenvalue weighted by Crippen LogP contribution is -2.39. The van der Waals surface area contributed by atoms with Crippen molar-refractivity contribution in [3.63, 3.8) is 0 Å². The number of carbonyl (C=O) groups is 1. The summed E-state index contributed by atoms with van der Waals surface area (Å²) in [6.45, 7) is 0. The Hall–Kier alpha value is -2.48. The van der Waals surface area contributed by atoms with Crippen molar-refractivity contribution in [2.24, 2.45) is 0 Å². The lowest BCUT2D eigenvalue weighted by molar-refractivity contribution is -0.117. The van der Waals surface area contributed by atoms with Gasteiger partial charge >= 0.3 is 0 Å². The number of carbonyl (C=O) groups excluding carboxylic acids is 1. The zero-order chi connectivity index (χ0) is 18.7. The van der Waals surface area contributed by atoms with Crippen LogP contribution < -0.4 is 25.6 Å². The summed E-state index contributed by atoms with van der Waals surface area (Å²) in [6.07, 6.45) is 0.457. The maximum atomic E-state index is 12.6. The number of anilines is 1. The van der Waals surface area contributed by atoms with Crippen LogP contribution in [0.2, 0.25) is 5.02 Å². The Balaban J connectivity index is 1.69. The molecule has 8 heteroatoms. The van der Waals surface area contributed by atoms with Gasteiger partial charge in [-0.2, -0.15) is 0 Å². The third-order valence-electron chi connectivity index (χ3n) is 4.25. The van der Waals surface area contributed by atoms with E-state index in [1.807, 2.05) is 0 Å². The molecule has 2 aromatic rings. The van der Waals surface area contributed by atoms with Crippen LogP contribution in [-0.2, 0) is 4.79 Å². The third-order valence-corrected chi connectivity index (χ3v) is 4.49. The van der Waals surface area contributed by atoms with Crippen LogP contribution in [0.5, 0.6) is 17.2 Å². The maximum absolute atomic E-state index is 12.6. The average molecular weight is 378 g/mol. The summed E-state index contributed by atoms with van der Waals surface area (Å²) >= 11 is 6.00. The Kier molecular flexibility index (Phi) is 5.51. The molecule has 2 atom stereocenters. The topological polar surface area (TPSA) is 91.9 Å². The van der Waals surface area contributed by atoms with Crippen molar-refractivity contribution in [2.75, 3.05) is 19.5 Å². The fourth-order valence-electron chi connectivity index (χ4n) is 2.86. The minimum Gasteiger partial charge on any atom is -0.508 e. The molecule has 4 N–H and O–H groups in total. The van der Waals surface area contributed by atoms with E-state index in [2.05, 4.69) is 16.2 Å². The fraction of sp³-hybridized carbons (Fsp3) is 0.278. The van der Waals surface area contributed by atoms with Crippen molar-refractivity contribution >= 4 is 23.2 Å². The Bertz CT molecular complexity index is 815. The van der Waals surface area contributed by atoms with Gasteiger partial charge in [-0.1, -0.05) is 11.6 Å². The Labute approximate surface area is 156 Å². The average Bonchev–Trinajstić information content (AvgIpc) is 3.14. The molecule has 1 fully saturated rings. The van der Waals surface area contributed by atoms with Gasteiger partial charge in [-0.05, 0) is 36.8 Å². The highest BCUT2D eigenvalue weighted by Gasteiger charge is 2.32. The van der Waals surface area contributed by atoms with Crippen molar-refractivity contribution in [1.29, 1.82) is 0 Å². The van der Waals surface area contributed by atoms with Gasteiger partial charge in [0, 0.05) is 16.7 Å². The number of benzene rings is 2. The molecule has 7 nitrogen and oxygen atoms in total. The first kappa shape index (κ1) is 18.3. The number of amides is 1. The summed E-state index contributed by atoms with van der Waals surface area (Å²) < 4.78 is 10.4. The molecular weight excluding hydrogens is 358 g/mol. The molecule has 2 unspecified atom stereocenters. The highest BCUT2D eigenvalue weighted by atomic mass is 35.5. The molecule has 138 valence electrons. The smallest absolute Gasteiger partial charge is 0.243 e. The maximum Gasteiger partial charge on any atom is 0.243 e. The lowest BCUT2D eigenvalue weighted by atomic mass is 10.0. The molecule has 1 amide bonds. The standard InChI is InChI=1S/C18H20ClN3O4/c1-25-11-4-5-13(17(8-11)26-2)20-18(24)15-9-14(21-22-15)12-7-10(19)3-6-16(12)23/h3-8,14-15,21-23H,9H2,1-2H3,(H,20,24). The van der Waals surface area contributed by atoms with Crippen LogP contribution in [-0.4, -0.2) is 31.3 Å². The van der Waals surface area contributed by atoms with Gasteiger partial charge in [0.2, 0.25) is 5.91 Å². The summed E-state index contributed by atoms with van der Waals surface area (Å²) in [7, 11) is 3.09. The lowest BCUT2D eigenvalue weighted by Gasteiger charge is -2.14. The molecule has 0 aromatic heterocycles. The highest BCUT2D eigenvalue weighted by Crippen LogP contribution is 2.33. The summed E-state index contributed by atoms with van der Waals surface area (Å²) in [5.41, 5.74) is 7.17. The Morgan fingerprint density at radius 1 is 1.19 bits per heavy atom. The number of rotatable bonds is 5. The van der Waals surface area contributed by atoms with E-state index in [-0.39, 0.29) is 17.7 Å². The van der Waals surface area contributed by atoms with E-state index in [0.29, 0.717) is 34.2 Å². The van der Waals surface area contributed by atoms with Crippen LogP contribution in [0, 0.1) is 0 Å².